The largest absolute Gasteiger partial charge is 0.367 e. The summed E-state index contributed by atoms with van der Waals surface area (Å²) in [5.74, 6) is 0.705. The van der Waals surface area contributed by atoms with Crippen molar-refractivity contribution in [3.8, 4) is 0 Å². The molecule has 3 rings (SSSR count). The van der Waals surface area contributed by atoms with Crippen molar-refractivity contribution in [1.29, 1.82) is 0 Å². The fourth-order valence-electron chi connectivity index (χ4n) is 3.19. The monoisotopic (exact) mass is 354 g/mol. The number of rotatable bonds is 7. The van der Waals surface area contributed by atoms with Crippen LogP contribution in [0.25, 0.3) is 0 Å². The van der Waals surface area contributed by atoms with E-state index < -0.39 is 0 Å². The minimum atomic E-state index is -0.120. The van der Waals surface area contributed by atoms with Crippen LogP contribution in [0.5, 0.6) is 0 Å². The topological polar surface area (TPSA) is 82.2 Å². The van der Waals surface area contributed by atoms with Crippen LogP contribution in [0.15, 0.2) is 48.9 Å². The zero-order chi connectivity index (χ0) is 18.2. The lowest BCUT2D eigenvalue weighted by Crippen LogP contribution is -2.44. The van der Waals surface area contributed by atoms with Crippen molar-refractivity contribution in [3.63, 3.8) is 0 Å². The van der Waals surface area contributed by atoms with Gasteiger partial charge in [-0.05, 0) is 18.9 Å². The molecule has 2 aromatic rings. The summed E-state index contributed by atoms with van der Waals surface area (Å²) in [4.78, 5) is 22.6. The molecule has 2 heterocycles. The van der Waals surface area contributed by atoms with Crippen LogP contribution in [0.4, 0.5) is 10.6 Å². The van der Waals surface area contributed by atoms with Crippen molar-refractivity contribution in [3.05, 3.63) is 54.5 Å². The van der Waals surface area contributed by atoms with E-state index in [1.165, 1.54) is 5.56 Å². The van der Waals surface area contributed by atoms with E-state index in [9.17, 15) is 4.79 Å². The number of hydrogen-bond acceptors (Lipinski definition) is 5. The number of likely N-dealkylation sites (tertiary alicyclic amines) is 1. The zero-order valence-electron chi connectivity index (χ0n) is 15.1. The number of urea groups is 1. The highest BCUT2D eigenvalue weighted by Gasteiger charge is 2.27. The second-order valence-electron chi connectivity index (χ2n) is 6.48. The molecule has 0 radical (unpaired) electrons. The predicted octanol–water partition coefficient (Wildman–Crippen LogP) is 2.02. The number of benzene rings is 1. The van der Waals surface area contributed by atoms with E-state index in [0.29, 0.717) is 24.9 Å². The Morgan fingerprint density at radius 1 is 1.27 bits per heavy atom. The highest BCUT2D eigenvalue weighted by Crippen LogP contribution is 2.24. The molecular formula is C19H26N6O. The third-order valence-corrected chi connectivity index (χ3v) is 4.66. The zero-order valence-corrected chi connectivity index (χ0v) is 15.1. The Hall–Kier alpha value is -2.67. The van der Waals surface area contributed by atoms with E-state index in [2.05, 4.69) is 62.0 Å². The van der Waals surface area contributed by atoms with Crippen LogP contribution >= 0.6 is 0 Å². The van der Waals surface area contributed by atoms with Crippen molar-refractivity contribution in [2.45, 2.75) is 25.4 Å². The minimum absolute atomic E-state index is 0.120. The summed E-state index contributed by atoms with van der Waals surface area (Å²) in [5.41, 5.74) is 1.31. The van der Waals surface area contributed by atoms with Gasteiger partial charge in [-0.25, -0.2) is 9.78 Å². The van der Waals surface area contributed by atoms with Gasteiger partial charge in [0.05, 0.1) is 6.20 Å². The van der Waals surface area contributed by atoms with Gasteiger partial charge < -0.3 is 16.0 Å². The smallest absolute Gasteiger partial charge is 0.315 e. The molecule has 1 fully saturated rings. The number of carbonyl (C=O) groups is 1. The Kier molecular flexibility index (Phi) is 6.38. The number of carbonyl (C=O) groups excluding carboxylic acids is 1. The molecule has 2 amide bonds. The Bertz CT molecular complexity index is 681. The Labute approximate surface area is 154 Å². The lowest BCUT2D eigenvalue weighted by atomic mass is 10.1. The molecule has 1 aliphatic rings. The first kappa shape index (κ1) is 18.1. The molecular weight excluding hydrogens is 328 g/mol. The van der Waals surface area contributed by atoms with Crippen molar-refractivity contribution >= 4 is 11.8 Å². The van der Waals surface area contributed by atoms with Crippen molar-refractivity contribution in [2.24, 2.45) is 0 Å². The highest BCUT2D eigenvalue weighted by molar-refractivity contribution is 5.74. The fraction of sp³-hybridized carbons (Fsp3) is 0.421. The van der Waals surface area contributed by atoms with Crippen LogP contribution in [-0.4, -0.2) is 53.1 Å². The van der Waals surface area contributed by atoms with Gasteiger partial charge in [0.2, 0.25) is 0 Å². The molecule has 1 aromatic heterocycles. The number of aromatic nitrogens is 2. The molecule has 3 N–H and O–H groups in total. The van der Waals surface area contributed by atoms with Gasteiger partial charge in [-0.15, -0.1) is 0 Å². The van der Waals surface area contributed by atoms with Crippen LogP contribution in [0, 0.1) is 0 Å². The van der Waals surface area contributed by atoms with Crippen LogP contribution < -0.4 is 16.0 Å². The quantitative estimate of drug-likeness (QED) is 0.663. The van der Waals surface area contributed by atoms with Crippen LogP contribution in [0.2, 0.25) is 0 Å². The van der Waals surface area contributed by atoms with Crippen molar-refractivity contribution in [1.82, 2.24) is 25.5 Å². The van der Waals surface area contributed by atoms with E-state index in [0.717, 1.165) is 19.5 Å². The van der Waals surface area contributed by atoms with E-state index >= 15 is 0 Å². The molecule has 1 saturated heterocycles. The summed E-state index contributed by atoms with van der Waals surface area (Å²) in [5, 5.41) is 9.05. The van der Waals surface area contributed by atoms with E-state index in [-0.39, 0.29) is 12.1 Å². The second-order valence-corrected chi connectivity index (χ2v) is 6.48. The van der Waals surface area contributed by atoms with Gasteiger partial charge >= 0.3 is 6.03 Å². The molecule has 0 aliphatic carbocycles. The van der Waals surface area contributed by atoms with Gasteiger partial charge in [-0.2, -0.15) is 0 Å². The summed E-state index contributed by atoms with van der Waals surface area (Å²) in [6.07, 6.45) is 5.88. The molecule has 1 aliphatic heterocycles. The molecule has 2 atom stereocenters. The molecule has 0 saturated carbocycles. The predicted molar refractivity (Wildman–Crippen MR) is 102 cm³/mol. The summed E-state index contributed by atoms with van der Waals surface area (Å²) < 4.78 is 0. The molecule has 7 nitrogen and oxygen atoms in total. The van der Waals surface area contributed by atoms with Crippen molar-refractivity contribution < 1.29 is 4.79 Å². The maximum Gasteiger partial charge on any atom is 0.315 e. The van der Waals surface area contributed by atoms with Crippen LogP contribution in [-0.2, 0) is 0 Å². The summed E-state index contributed by atoms with van der Waals surface area (Å²) in [6.45, 7) is 5.22. The van der Waals surface area contributed by atoms with Gasteiger partial charge in [0.15, 0.2) is 0 Å². The number of nitrogens with one attached hydrogen (secondary N) is 3. The van der Waals surface area contributed by atoms with Gasteiger partial charge in [-0.1, -0.05) is 30.3 Å². The summed E-state index contributed by atoms with van der Waals surface area (Å²) in [6, 6.07) is 10.9. The molecule has 0 bridgehead atoms. The van der Waals surface area contributed by atoms with E-state index in [4.69, 9.17) is 0 Å². The molecule has 7 heteroatoms. The molecule has 0 unspecified atom stereocenters. The lowest BCUT2D eigenvalue weighted by molar-refractivity contribution is 0.232. The fourth-order valence-corrected chi connectivity index (χ4v) is 3.19. The normalized spacial score (nSPS) is 18.3. The average Bonchev–Trinajstić information content (AvgIpc) is 3.14. The number of amides is 2. The van der Waals surface area contributed by atoms with E-state index in [1.54, 1.807) is 18.6 Å². The summed E-state index contributed by atoms with van der Waals surface area (Å²) >= 11 is 0. The lowest BCUT2D eigenvalue weighted by Gasteiger charge is -2.24. The first-order valence-corrected chi connectivity index (χ1v) is 9.05. The Balaban J connectivity index is 1.35. The average molecular weight is 354 g/mol. The maximum absolute atomic E-state index is 12.1. The molecule has 26 heavy (non-hydrogen) atoms. The number of hydrogen-bond donors (Lipinski definition) is 3. The van der Waals surface area contributed by atoms with Gasteiger partial charge in [-0.3, -0.25) is 9.88 Å². The summed E-state index contributed by atoms with van der Waals surface area (Å²) in [7, 11) is 0. The van der Waals surface area contributed by atoms with Crippen molar-refractivity contribution in [2.75, 3.05) is 31.5 Å². The third-order valence-electron chi connectivity index (χ3n) is 4.66. The highest BCUT2D eigenvalue weighted by atomic mass is 16.2. The maximum atomic E-state index is 12.1. The van der Waals surface area contributed by atoms with E-state index in [1.807, 2.05) is 6.07 Å². The number of anilines is 1. The standard InChI is InChI=1S/C19H26N6O/c1-15(16-5-3-2-4-6-16)25-12-7-17(14-25)24-19(26)23-11-10-22-18-13-20-8-9-21-18/h2-6,8-9,13,15,17H,7,10-12,14H2,1H3,(H,21,22)(H2,23,24,26)/t15-,17-/m1/s1. The second kappa shape index (κ2) is 9.15. The molecule has 1 aromatic carbocycles. The molecule has 138 valence electrons. The van der Waals surface area contributed by atoms with Crippen LogP contribution in [0.1, 0.15) is 24.9 Å². The first-order valence-electron chi connectivity index (χ1n) is 9.05. The van der Waals surface area contributed by atoms with Crippen LogP contribution in [0.3, 0.4) is 0 Å². The van der Waals surface area contributed by atoms with Gasteiger partial charge in [0.25, 0.3) is 0 Å². The van der Waals surface area contributed by atoms with Gasteiger partial charge in [0, 0.05) is 50.7 Å². The SMILES string of the molecule is C[C@H](c1ccccc1)N1CC[C@@H](NC(=O)NCCNc2cnccn2)C1. The Morgan fingerprint density at radius 3 is 2.88 bits per heavy atom. The third kappa shape index (κ3) is 5.16. The number of nitrogens with zero attached hydrogens (tertiary/aromatic N) is 3. The van der Waals surface area contributed by atoms with Gasteiger partial charge in [0.1, 0.15) is 5.82 Å². The Morgan fingerprint density at radius 2 is 2.12 bits per heavy atom. The minimum Gasteiger partial charge on any atom is -0.367 e. The first-order chi connectivity index (χ1) is 12.7. The molecule has 0 spiro atoms.